The Hall–Kier alpha value is -4.91. The van der Waals surface area contributed by atoms with Gasteiger partial charge in [0.1, 0.15) is 40.3 Å². The molecule has 0 saturated carbocycles. The van der Waals surface area contributed by atoms with Crippen LogP contribution in [0.15, 0.2) is 73.1 Å². The topological polar surface area (TPSA) is 165 Å². The van der Waals surface area contributed by atoms with E-state index in [1.54, 1.807) is 25.2 Å². The highest BCUT2D eigenvalue weighted by molar-refractivity contribution is 6.30. The second kappa shape index (κ2) is 16.1. The first-order valence-corrected chi connectivity index (χ1v) is 11.4. The third-order valence-corrected chi connectivity index (χ3v) is 4.80. The number of phenolic OH excluding ortho intramolecular Hbond substituents is 1. The van der Waals surface area contributed by atoms with Gasteiger partial charge in [0.05, 0.1) is 11.4 Å². The highest BCUT2D eigenvalue weighted by atomic mass is 35.5. The Morgan fingerprint density at radius 2 is 1.30 bits per heavy atom. The van der Waals surface area contributed by atoms with E-state index in [1.165, 1.54) is 55.8 Å². The average Bonchev–Trinajstić information content (AvgIpc) is 2.93. The van der Waals surface area contributed by atoms with E-state index in [0.717, 1.165) is 6.07 Å². The first-order valence-electron chi connectivity index (χ1n) is 11.0. The molecule has 207 valence electrons. The normalized spacial score (nSPS) is 9.43. The Kier molecular flexibility index (Phi) is 13.4. The maximum Gasteiger partial charge on any atom is 0.269 e. The van der Waals surface area contributed by atoms with Crippen molar-refractivity contribution in [2.24, 2.45) is 0 Å². The number of aromatic nitrogens is 2. The van der Waals surface area contributed by atoms with Crippen LogP contribution in [-0.2, 0) is 0 Å². The molecular weight excluding hydrogens is 545 g/mol. The van der Waals surface area contributed by atoms with Crippen molar-refractivity contribution in [1.82, 2.24) is 20.6 Å². The molecule has 2 heterocycles. The van der Waals surface area contributed by atoms with Gasteiger partial charge < -0.3 is 31.9 Å². The van der Waals surface area contributed by atoms with E-state index < -0.39 is 11.6 Å². The summed E-state index contributed by atoms with van der Waals surface area (Å²) >= 11 is 5.63. The number of nitrogens with zero attached hydrogens (tertiary/aromatic N) is 2. The van der Waals surface area contributed by atoms with E-state index in [1.807, 2.05) is 0 Å². The van der Waals surface area contributed by atoms with Crippen LogP contribution in [0.25, 0.3) is 0 Å². The molecule has 0 aliphatic rings. The molecule has 3 radical (unpaired) electrons. The number of carbonyl (C=O) groups is 2. The van der Waals surface area contributed by atoms with Gasteiger partial charge >= 0.3 is 0 Å². The molecule has 0 aliphatic heterocycles. The van der Waals surface area contributed by atoms with Crippen LogP contribution in [0.1, 0.15) is 21.0 Å². The number of carbonyl (C=O) groups excluding carboxylic acids is 2. The molecule has 0 atom stereocenters. The number of halogens is 3. The number of hydrogen-bond donors (Lipinski definition) is 5. The molecule has 7 N–H and O–H groups in total. The number of amides is 2. The number of anilines is 2. The summed E-state index contributed by atoms with van der Waals surface area (Å²) in [6, 6.07) is 13.9. The molecule has 0 fully saturated rings. The van der Waals surface area contributed by atoms with Crippen LogP contribution in [-0.4, -0.2) is 49.4 Å². The molecule has 10 nitrogen and oxygen atoms in total. The maximum absolute atomic E-state index is 13.3. The first-order chi connectivity index (χ1) is 18.5. The highest BCUT2D eigenvalue weighted by Gasteiger charge is 2.08. The predicted octanol–water partition coefficient (Wildman–Crippen LogP) is 3.78. The third kappa shape index (κ3) is 10.5. The van der Waals surface area contributed by atoms with Gasteiger partial charge in [0, 0.05) is 58.1 Å². The minimum atomic E-state index is -0.588. The number of hydrogen-bond acceptors (Lipinski definition) is 8. The van der Waals surface area contributed by atoms with E-state index in [-0.39, 0.29) is 43.0 Å². The second-order valence-electron chi connectivity index (χ2n) is 7.39. The fourth-order valence-corrected chi connectivity index (χ4v) is 2.77. The molecular formula is C26H25BClF2N6O4. The number of phenols is 1. The zero-order chi connectivity index (χ0) is 28.9. The van der Waals surface area contributed by atoms with Crippen molar-refractivity contribution in [3.8, 4) is 17.2 Å². The lowest BCUT2D eigenvalue weighted by Crippen LogP contribution is -2.18. The number of pyridine rings is 2. The first kappa shape index (κ1) is 33.1. The summed E-state index contributed by atoms with van der Waals surface area (Å²) in [7, 11) is 3.05. The van der Waals surface area contributed by atoms with E-state index in [4.69, 9.17) is 32.9 Å². The number of benzene rings is 2. The molecule has 2 amide bonds. The largest absolute Gasteiger partial charge is 0.508 e. The smallest absolute Gasteiger partial charge is 0.269 e. The SMILES string of the molecule is CNC(=O)c1cc(Cl)ccn1.CNC(=O)c1cc(Oc2ccc(N)c(F)c2)ccn1.Nc1ccc(O)cc1F.[B]. The maximum atomic E-state index is 13.3. The number of nitrogen functional groups attached to an aromatic ring is 2. The molecule has 14 heteroatoms. The summed E-state index contributed by atoms with van der Waals surface area (Å²) in [5, 5.41) is 14.1. The summed E-state index contributed by atoms with van der Waals surface area (Å²) in [6.07, 6.45) is 2.93. The number of ether oxygens (including phenoxy) is 1. The minimum Gasteiger partial charge on any atom is -0.508 e. The lowest BCUT2D eigenvalue weighted by molar-refractivity contribution is 0.0950. The summed E-state index contributed by atoms with van der Waals surface area (Å²) in [5.74, 6) is -1.13. The van der Waals surface area contributed by atoms with Crippen molar-refractivity contribution < 1.29 is 28.2 Å². The Morgan fingerprint density at radius 3 is 1.80 bits per heavy atom. The van der Waals surface area contributed by atoms with Gasteiger partial charge in [-0.2, -0.15) is 0 Å². The van der Waals surface area contributed by atoms with Gasteiger partial charge in [-0.3, -0.25) is 19.6 Å². The van der Waals surface area contributed by atoms with Crippen LogP contribution in [0.2, 0.25) is 5.02 Å². The van der Waals surface area contributed by atoms with Crippen LogP contribution in [0.5, 0.6) is 17.2 Å². The molecule has 0 bridgehead atoms. The number of nitrogens with two attached hydrogens (primary N) is 2. The zero-order valence-electron chi connectivity index (χ0n) is 21.4. The van der Waals surface area contributed by atoms with E-state index in [0.29, 0.717) is 22.2 Å². The van der Waals surface area contributed by atoms with Crippen LogP contribution < -0.4 is 26.8 Å². The lowest BCUT2D eigenvalue weighted by Gasteiger charge is -2.07. The molecule has 0 aliphatic carbocycles. The van der Waals surface area contributed by atoms with Gasteiger partial charge in [0.15, 0.2) is 0 Å². The van der Waals surface area contributed by atoms with Gasteiger partial charge in [-0.1, -0.05) is 11.6 Å². The molecule has 4 aromatic rings. The summed E-state index contributed by atoms with van der Waals surface area (Å²) in [4.78, 5) is 30.1. The monoisotopic (exact) mass is 569 g/mol. The van der Waals surface area contributed by atoms with Gasteiger partial charge in [-0.25, -0.2) is 8.78 Å². The van der Waals surface area contributed by atoms with E-state index >= 15 is 0 Å². The zero-order valence-corrected chi connectivity index (χ0v) is 22.1. The molecule has 0 spiro atoms. The summed E-state index contributed by atoms with van der Waals surface area (Å²) in [6.45, 7) is 0. The quantitative estimate of drug-likeness (QED) is 0.141. The van der Waals surface area contributed by atoms with Crippen LogP contribution >= 0.6 is 11.6 Å². The number of aromatic hydroxyl groups is 1. The molecule has 2 aromatic carbocycles. The highest BCUT2D eigenvalue weighted by Crippen LogP contribution is 2.24. The van der Waals surface area contributed by atoms with Gasteiger partial charge in [0.2, 0.25) is 0 Å². The predicted molar refractivity (Wildman–Crippen MR) is 149 cm³/mol. The Labute approximate surface area is 235 Å². The Morgan fingerprint density at radius 1 is 0.800 bits per heavy atom. The van der Waals surface area contributed by atoms with Crippen molar-refractivity contribution >= 4 is 43.2 Å². The van der Waals surface area contributed by atoms with E-state index in [9.17, 15) is 18.4 Å². The lowest BCUT2D eigenvalue weighted by atomic mass is 10.3. The number of rotatable bonds is 4. The van der Waals surface area contributed by atoms with Crippen molar-refractivity contribution in [3.63, 3.8) is 0 Å². The van der Waals surface area contributed by atoms with Crippen molar-refractivity contribution in [1.29, 1.82) is 0 Å². The Balaban J connectivity index is 0.000000324. The fraction of sp³-hybridized carbons (Fsp3) is 0.0769. The molecule has 40 heavy (non-hydrogen) atoms. The molecule has 0 unspecified atom stereocenters. The third-order valence-electron chi connectivity index (χ3n) is 4.56. The van der Waals surface area contributed by atoms with Gasteiger partial charge in [0.25, 0.3) is 11.8 Å². The van der Waals surface area contributed by atoms with Gasteiger partial charge in [-0.05, 0) is 42.5 Å². The van der Waals surface area contributed by atoms with Crippen LogP contribution in [0, 0.1) is 11.6 Å². The average molecular weight is 570 g/mol. The van der Waals surface area contributed by atoms with Crippen LogP contribution in [0.4, 0.5) is 20.2 Å². The van der Waals surface area contributed by atoms with Crippen molar-refractivity contribution in [3.05, 3.63) is 101 Å². The molecule has 4 rings (SSSR count). The summed E-state index contributed by atoms with van der Waals surface area (Å²) < 4.78 is 31.0. The second-order valence-corrected chi connectivity index (χ2v) is 7.82. The Bertz CT molecular complexity index is 1450. The van der Waals surface area contributed by atoms with Gasteiger partial charge in [-0.15, -0.1) is 0 Å². The van der Waals surface area contributed by atoms with E-state index in [2.05, 4.69) is 20.6 Å². The standard InChI is InChI=1S/C13H12FN3O2.C7H7ClN2O.C6H6FNO.B/c1-16-13(18)12-7-9(4-5-17-12)19-8-2-3-11(15)10(14)6-8;1-9-7(11)6-4-5(8)2-3-10-6;7-5-3-4(9)1-2-6(5)8;/h2-7H,15H2,1H3,(H,16,18);2-4H,1H3,(H,9,11);1-3,9H,8H2;. The minimum absolute atomic E-state index is 0. The molecule has 2 aromatic heterocycles. The fourth-order valence-electron chi connectivity index (χ4n) is 2.61. The number of nitrogens with one attached hydrogen (secondary N) is 2. The summed E-state index contributed by atoms with van der Waals surface area (Å²) in [5.41, 5.74) is 11.1. The van der Waals surface area contributed by atoms with Crippen molar-refractivity contribution in [2.45, 2.75) is 0 Å². The van der Waals surface area contributed by atoms with Crippen molar-refractivity contribution in [2.75, 3.05) is 25.6 Å². The molecule has 0 saturated heterocycles. The van der Waals surface area contributed by atoms with Crippen LogP contribution in [0.3, 0.4) is 0 Å².